The second kappa shape index (κ2) is 8.62. The molecule has 3 rings (SSSR count). The largest absolute Gasteiger partial charge is 0.349 e. The molecule has 0 atom stereocenters. The number of nitrogens with one attached hydrogen (secondary N) is 2. The number of hydrogen-bond donors (Lipinski definition) is 2. The van der Waals surface area contributed by atoms with Gasteiger partial charge in [-0.25, -0.2) is 4.98 Å². The maximum atomic E-state index is 12.6. The summed E-state index contributed by atoms with van der Waals surface area (Å²) in [7, 11) is 0. The summed E-state index contributed by atoms with van der Waals surface area (Å²) in [6.45, 7) is 3.64. The molecule has 28 heavy (non-hydrogen) atoms. The van der Waals surface area contributed by atoms with Crippen molar-refractivity contribution >= 4 is 44.3 Å². The van der Waals surface area contributed by atoms with Gasteiger partial charge in [0, 0.05) is 11.0 Å². The van der Waals surface area contributed by atoms with Gasteiger partial charge in [0.2, 0.25) is 5.91 Å². The molecule has 142 valence electrons. The summed E-state index contributed by atoms with van der Waals surface area (Å²) >= 11 is 3.33. The predicted molar refractivity (Wildman–Crippen MR) is 111 cm³/mol. The molecule has 0 aliphatic heterocycles. The predicted octanol–water partition coefficient (Wildman–Crippen LogP) is 2.71. The maximum Gasteiger partial charge on any atom is 0.261 e. The Bertz CT molecular complexity index is 1120. The van der Waals surface area contributed by atoms with Crippen LogP contribution in [0.4, 0.5) is 5.69 Å². The number of halogens is 1. The van der Waals surface area contributed by atoms with Gasteiger partial charge in [-0.15, -0.1) is 6.58 Å². The topological polar surface area (TPSA) is 93.1 Å². The molecule has 2 aromatic carbocycles. The number of aromatic nitrogens is 2. The Morgan fingerprint density at radius 1 is 1.21 bits per heavy atom. The third-order valence-corrected chi connectivity index (χ3v) is 4.45. The molecule has 0 aliphatic carbocycles. The van der Waals surface area contributed by atoms with Crippen molar-refractivity contribution in [1.82, 2.24) is 14.9 Å². The fraction of sp³-hybridized carbons (Fsp3) is 0.100. The molecule has 0 unspecified atom stereocenters. The first-order valence-electron chi connectivity index (χ1n) is 8.42. The van der Waals surface area contributed by atoms with E-state index in [1.54, 1.807) is 48.5 Å². The van der Waals surface area contributed by atoms with E-state index in [4.69, 9.17) is 0 Å². The van der Waals surface area contributed by atoms with E-state index < -0.39 is 5.91 Å². The molecular weight excluding hydrogens is 424 g/mol. The lowest BCUT2D eigenvalue weighted by molar-refractivity contribution is -0.116. The first kappa shape index (κ1) is 19.5. The van der Waals surface area contributed by atoms with Crippen molar-refractivity contribution in [2.24, 2.45) is 0 Å². The van der Waals surface area contributed by atoms with Crippen molar-refractivity contribution in [3.63, 3.8) is 0 Å². The van der Waals surface area contributed by atoms with Gasteiger partial charge in [0.1, 0.15) is 6.54 Å². The molecule has 0 radical (unpaired) electrons. The van der Waals surface area contributed by atoms with Gasteiger partial charge in [-0.2, -0.15) is 0 Å². The van der Waals surface area contributed by atoms with Crippen LogP contribution in [0, 0.1) is 0 Å². The number of carbonyl (C=O) groups excluding carboxylic acids is 2. The number of nitrogens with zero attached hydrogens (tertiary/aromatic N) is 2. The van der Waals surface area contributed by atoms with Gasteiger partial charge in [0.25, 0.3) is 11.5 Å². The molecule has 0 fully saturated rings. The Kier molecular flexibility index (Phi) is 6.00. The van der Waals surface area contributed by atoms with Crippen LogP contribution in [-0.4, -0.2) is 27.9 Å². The van der Waals surface area contributed by atoms with E-state index in [0.29, 0.717) is 28.7 Å². The smallest absolute Gasteiger partial charge is 0.261 e. The second-order valence-electron chi connectivity index (χ2n) is 5.93. The average Bonchev–Trinajstić information content (AvgIpc) is 2.69. The summed E-state index contributed by atoms with van der Waals surface area (Å²) in [4.78, 5) is 41.5. The van der Waals surface area contributed by atoms with E-state index >= 15 is 0 Å². The quantitative estimate of drug-likeness (QED) is 0.576. The Balaban J connectivity index is 1.81. The molecule has 3 aromatic rings. The van der Waals surface area contributed by atoms with Crippen LogP contribution in [0.1, 0.15) is 10.4 Å². The normalized spacial score (nSPS) is 10.5. The highest BCUT2D eigenvalue weighted by Gasteiger charge is 2.14. The number of para-hydroxylation sites is 1. The molecule has 0 bridgehead atoms. The van der Waals surface area contributed by atoms with Crippen molar-refractivity contribution < 1.29 is 9.59 Å². The van der Waals surface area contributed by atoms with E-state index in [2.05, 4.69) is 38.1 Å². The average molecular weight is 441 g/mol. The highest BCUT2D eigenvalue weighted by molar-refractivity contribution is 9.10. The number of carbonyl (C=O) groups is 2. The first-order valence-corrected chi connectivity index (χ1v) is 9.21. The van der Waals surface area contributed by atoms with Gasteiger partial charge in [0.15, 0.2) is 0 Å². The van der Waals surface area contributed by atoms with Crippen LogP contribution >= 0.6 is 15.9 Å². The zero-order valence-corrected chi connectivity index (χ0v) is 16.4. The van der Waals surface area contributed by atoms with E-state index in [-0.39, 0.29) is 18.0 Å². The summed E-state index contributed by atoms with van der Waals surface area (Å²) in [5, 5.41) is 5.76. The Morgan fingerprint density at radius 2 is 2.00 bits per heavy atom. The SMILES string of the molecule is C=CCNC(=O)c1ccccc1NC(=O)Cn1cnc2ccc(Br)cc2c1=O. The molecule has 0 saturated heterocycles. The third-order valence-electron chi connectivity index (χ3n) is 3.95. The van der Waals surface area contributed by atoms with E-state index in [9.17, 15) is 14.4 Å². The lowest BCUT2D eigenvalue weighted by Crippen LogP contribution is -2.29. The minimum atomic E-state index is -0.442. The second-order valence-corrected chi connectivity index (χ2v) is 6.85. The Morgan fingerprint density at radius 3 is 2.79 bits per heavy atom. The molecule has 1 aromatic heterocycles. The van der Waals surface area contributed by atoms with Crippen LogP contribution in [-0.2, 0) is 11.3 Å². The summed E-state index contributed by atoms with van der Waals surface area (Å²) in [6, 6.07) is 11.8. The number of rotatable bonds is 6. The Labute approximate surface area is 169 Å². The fourth-order valence-electron chi connectivity index (χ4n) is 2.64. The molecular formula is C20H17BrN4O3. The molecule has 1 heterocycles. The van der Waals surface area contributed by atoms with Crippen molar-refractivity contribution in [2.45, 2.75) is 6.54 Å². The highest BCUT2D eigenvalue weighted by Crippen LogP contribution is 2.16. The molecule has 7 nitrogen and oxygen atoms in total. The van der Waals surface area contributed by atoms with Gasteiger partial charge in [-0.05, 0) is 30.3 Å². The monoisotopic (exact) mass is 440 g/mol. The number of anilines is 1. The third kappa shape index (κ3) is 4.34. The number of benzene rings is 2. The summed E-state index contributed by atoms with van der Waals surface area (Å²) in [5.41, 5.74) is 0.914. The van der Waals surface area contributed by atoms with Crippen molar-refractivity contribution in [3.05, 3.63) is 81.8 Å². The molecule has 0 aliphatic rings. The summed E-state index contributed by atoms with van der Waals surface area (Å²) < 4.78 is 1.98. The van der Waals surface area contributed by atoms with Crippen LogP contribution in [0.2, 0.25) is 0 Å². The molecule has 2 N–H and O–H groups in total. The molecule has 0 spiro atoms. The molecule has 0 saturated carbocycles. The molecule has 2 amide bonds. The standard InChI is InChI=1S/C20H17BrN4O3/c1-2-9-22-19(27)14-5-3-4-6-17(14)24-18(26)11-25-12-23-16-8-7-13(21)10-15(16)20(25)28/h2-8,10,12H,1,9,11H2,(H,22,27)(H,24,26). The van der Waals surface area contributed by atoms with Gasteiger partial charge in [-0.3, -0.25) is 19.0 Å². The van der Waals surface area contributed by atoms with Crippen molar-refractivity contribution in [3.8, 4) is 0 Å². The van der Waals surface area contributed by atoms with Crippen LogP contribution in [0.5, 0.6) is 0 Å². The zero-order valence-electron chi connectivity index (χ0n) is 14.8. The minimum absolute atomic E-state index is 0.225. The van der Waals surface area contributed by atoms with Crippen LogP contribution < -0.4 is 16.2 Å². The molecule has 8 heteroatoms. The highest BCUT2D eigenvalue weighted by atomic mass is 79.9. The van der Waals surface area contributed by atoms with E-state index in [1.807, 2.05) is 0 Å². The van der Waals surface area contributed by atoms with E-state index in [1.165, 1.54) is 10.9 Å². The minimum Gasteiger partial charge on any atom is -0.349 e. The lowest BCUT2D eigenvalue weighted by atomic mass is 10.1. The van der Waals surface area contributed by atoms with Gasteiger partial charge in [-0.1, -0.05) is 34.1 Å². The van der Waals surface area contributed by atoms with Gasteiger partial charge < -0.3 is 10.6 Å². The maximum absolute atomic E-state index is 12.6. The fourth-order valence-corrected chi connectivity index (χ4v) is 3.00. The summed E-state index contributed by atoms with van der Waals surface area (Å²) in [6.07, 6.45) is 2.90. The Hall–Kier alpha value is -3.26. The first-order chi connectivity index (χ1) is 13.5. The van der Waals surface area contributed by atoms with Crippen molar-refractivity contribution in [1.29, 1.82) is 0 Å². The number of hydrogen-bond acceptors (Lipinski definition) is 4. The van der Waals surface area contributed by atoms with Crippen LogP contribution in [0.25, 0.3) is 10.9 Å². The van der Waals surface area contributed by atoms with Crippen LogP contribution in [0.15, 0.2) is 70.7 Å². The number of fused-ring (bicyclic) bond motifs is 1. The van der Waals surface area contributed by atoms with Gasteiger partial charge in [0.05, 0.1) is 28.5 Å². The zero-order chi connectivity index (χ0) is 20.1. The lowest BCUT2D eigenvalue weighted by Gasteiger charge is -2.12. The number of amides is 2. The van der Waals surface area contributed by atoms with Crippen molar-refractivity contribution in [2.75, 3.05) is 11.9 Å². The summed E-state index contributed by atoms with van der Waals surface area (Å²) in [5.74, 6) is -0.771. The van der Waals surface area contributed by atoms with E-state index in [0.717, 1.165) is 4.47 Å². The van der Waals surface area contributed by atoms with Gasteiger partial charge >= 0.3 is 0 Å². The van der Waals surface area contributed by atoms with Crippen LogP contribution in [0.3, 0.4) is 0 Å².